The van der Waals surface area contributed by atoms with Gasteiger partial charge in [-0.25, -0.2) is 0 Å². The van der Waals surface area contributed by atoms with Crippen LogP contribution >= 0.6 is 0 Å². The fourth-order valence-electron chi connectivity index (χ4n) is 2.36. The van der Waals surface area contributed by atoms with E-state index < -0.39 is 0 Å². The maximum Gasteiger partial charge on any atom is 0.0485 e. The lowest BCUT2D eigenvalue weighted by atomic mass is 10.1. The molecule has 18 heavy (non-hydrogen) atoms. The van der Waals surface area contributed by atoms with Crippen LogP contribution in [0.1, 0.15) is 24.8 Å². The van der Waals surface area contributed by atoms with Crippen LogP contribution in [0, 0.1) is 6.92 Å². The molecule has 1 heterocycles. The standard InChI is InChI=1S/C15H24N2O/c1-12-11-14(17(2)3)6-7-15(12)16-13-5-4-9-18-10-8-13/h6-7,11,13,16H,4-5,8-10H2,1-3H3. The van der Waals surface area contributed by atoms with E-state index in [0.717, 1.165) is 26.1 Å². The molecule has 1 N–H and O–H groups in total. The highest BCUT2D eigenvalue weighted by Crippen LogP contribution is 2.23. The molecule has 1 aromatic rings. The SMILES string of the molecule is Cc1cc(N(C)C)ccc1NC1CCCOCC1. The molecule has 1 unspecified atom stereocenters. The summed E-state index contributed by atoms with van der Waals surface area (Å²) in [5.41, 5.74) is 3.82. The van der Waals surface area contributed by atoms with E-state index in [-0.39, 0.29) is 0 Å². The molecular formula is C15H24N2O. The van der Waals surface area contributed by atoms with Crippen LogP contribution in [0.5, 0.6) is 0 Å². The van der Waals surface area contributed by atoms with Crippen LogP contribution < -0.4 is 10.2 Å². The number of aryl methyl sites for hydroxylation is 1. The van der Waals surface area contributed by atoms with Gasteiger partial charge in [0.1, 0.15) is 0 Å². The van der Waals surface area contributed by atoms with Crippen molar-refractivity contribution in [2.75, 3.05) is 37.5 Å². The predicted octanol–water partition coefficient (Wildman–Crippen LogP) is 3.04. The Labute approximate surface area is 110 Å². The summed E-state index contributed by atoms with van der Waals surface area (Å²) in [7, 11) is 4.15. The zero-order valence-electron chi connectivity index (χ0n) is 11.7. The normalized spacial score (nSPS) is 20.3. The third kappa shape index (κ3) is 3.39. The van der Waals surface area contributed by atoms with Crippen LogP contribution in [0.2, 0.25) is 0 Å². The Morgan fingerprint density at radius 2 is 2.06 bits per heavy atom. The largest absolute Gasteiger partial charge is 0.382 e. The summed E-state index contributed by atoms with van der Waals surface area (Å²) in [4.78, 5) is 2.14. The molecule has 0 amide bonds. The first kappa shape index (κ1) is 13.2. The molecule has 0 saturated carbocycles. The Morgan fingerprint density at radius 1 is 1.22 bits per heavy atom. The van der Waals surface area contributed by atoms with E-state index in [0.29, 0.717) is 6.04 Å². The van der Waals surface area contributed by atoms with E-state index >= 15 is 0 Å². The summed E-state index contributed by atoms with van der Waals surface area (Å²) >= 11 is 0. The Kier molecular flexibility index (Phi) is 4.48. The van der Waals surface area contributed by atoms with E-state index in [1.807, 2.05) is 0 Å². The number of ether oxygens (including phenoxy) is 1. The lowest BCUT2D eigenvalue weighted by Crippen LogP contribution is -2.20. The Hall–Kier alpha value is -1.22. The van der Waals surface area contributed by atoms with Crippen LogP contribution in [0.25, 0.3) is 0 Å². The minimum Gasteiger partial charge on any atom is -0.382 e. The number of rotatable bonds is 3. The molecular weight excluding hydrogens is 224 g/mol. The van der Waals surface area contributed by atoms with E-state index in [4.69, 9.17) is 4.74 Å². The molecule has 0 aliphatic carbocycles. The molecule has 0 aromatic heterocycles. The summed E-state index contributed by atoms with van der Waals surface area (Å²) < 4.78 is 5.50. The van der Waals surface area contributed by atoms with Gasteiger partial charge in [0.15, 0.2) is 0 Å². The topological polar surface area (TPSA) is 24.5 Å². The molecule has 1 aromatic carbocycles. The van der Waals surface area contributed by atoms with Gasteiger partial charge >= 0.3 is 0 Å². The van der Waals surface area contributed by atoms with Gasteiger partial charge in [-0.1, -0.05) is 0 Å². The van der Waals surface area contributed by atoms with Crippen molar-refractivity contribution in [1.29, 1.82) is 0 Å². The maximum absolute atomic E-state index is 5.50. The van der Waals surface area contributed by atoms with E-state index in [1.165, 1.54) is 23.4 Å². The van der Waals surface area contributed by atoms with Crippen molar-refractivity contribution in [2.24, 2.45) is 0 Å². The van der Waals surface area contributed by atoms with Gasteiger partial charge in [-0.15, -0.1) is 0 Å². The molecule has 0 bridgehead atoms. The number of hydrogen-bond acceptors (Lipinski definition) is 3. The molecule has 3 nitrogen and oxygen atoms in total. The number of nitrogens with zero attached hydrogens (tertiary/aromatic N) is 1. The summed E-state index contributed by atoms with van der Waals surface area (Å²) in [5, 5.41) is 3.66. The lowest BCUT2D eigenvalue weighted by Gasteiger charge is -2.20. The van der Waals surface area contributed by atoms with Crippen molar-refractivity contribution < 1.29 is 4.74 Å². The van der Waals surface area contributed by atoms with Crippen molar-refractivity contribution in [1.82, 2.24) is 0 Å². The van der Waals surface area contributed by atoms with E-state index in [1.54, 1.807) is 0 Å². The van der Waals surface area contributed by atoms with Crippen molar-refractivity contribution in [3.05, 3.63) is 23.8 Å². The summed E-state index contributed by atoms with van der Waals surface area (Å²) in [6.45, 7) is 3.96. The van der Waals surface area contributed by atoms with Gasteiger partial charge in [-0.05, 0) is 49.9 Å². The highest BCUT2D eigenvalue weighted by atomic mass is 16.5. The quantitative estimate of drug-likeness (QED) is 0.890. The number of nitrogens with one attached hydrogen (secondary N) is 1. The van der Waals surface area contributed by atoms with Crippen molar-refractivity contribution in [2.45, 2.75) is 32.2 Å². The highest BCUT2D eigenvalue weighted by molar-refractivity contribution is 5.60. The molecule has 2 rings (SSSR count). The fourth-order valence-corrected chi connectivity index (χ4v) is 2.36. The van der Waals surface area contributed by atoms with E-state index in [2.05, 4.69) is 49.4 Å². The van der Waals surface area contributed by atoms with Crippen LogP contribution in [-0.2, 0) is 4.74 Å². The smallest absolute Gasteiger partial charge is 0.0485 e. The molecule has 0 spiro atoms. The predicted molar refractivity (Wildman–Crippen MR) is 77.6 cm³/mol. The maximum atomic E-state index is 5.50. The van der Waals surface area contributed by atoms with Gasteiger partial charge in [0.05, 0.1) is 0 Å². The monoisotopic (exact) mass is 248 g/mol. The Morgan fingerprint density at radius 3 is 2.78 bits per heavy atom. The first-order chi connectivity index (χ1) is 8.66. The number of benzene rings is 1. The molecule has 1 aliphatic rings. The first-order valence-electron chi connectivity index (χ1n) is 6.79. The Bertz CT molecular complexity index is 382. The second-order valence-electron chi connectivity index (χ2n) is 5.28. The molecule has 100 valence electrons. The average Bonchev–Trinajstić information content (AvgIpc) is 2.60. The molecule has 1 aliphatic heterocycles. The average molecular weight is 248 g/mol. The minimum atomic E-state index is 0.552. The van der Waals surface area contributed by atoms with Gasteiger partial charge in [-0.2, -0.15) is 0 Å². The van der Waals surface area contributed by atoms with Crippen LogP contribution in [0.3, 0.4) is 0 Å². The highest BCUT2D eigenvalue weighted by Gasteiger charge is 2.13. The molecule has 3 heteroatoms. The zero-order valence-corrected chi connectivity index (χ0v) is 11.7. The van der Waals surface area contributed by atoms with Crippen molar-refractivity contribution in [3.8, 4) is 0 Å². The number of anilines is 2. The molecule has 0 radical (unpaired) electrons. The van der Waals surface area contributed by atoms with Crippen molar-refractivity contribution in [3.63, 3.8) is 0 Å². The van der Waals surface area contributed by atoms with Crippen molar-refractivity contribution >= 4 is 11.4 Å². The minimum absolute atomic E-state index is 0.552. The number of hydrogen-bond donors (Lipinski definition) is 1. The zero-order chi connectivity index (χ0) is 13.0. The van der Waals surface area contributed by atoms with E-state index in [9.17, 15) is 0 Å². The molecule has 1 fully saturated rings. The van der Waals surface area contributed by atoms with Crippen LogP contribution in [0.15, 0.2) is 18.2 Å². The second-order valence-corrected chi connectivity index (χ2v) is 5.28. The molecule has 1 atom stereocenters. The van der Waals surface area contributed by atoms with Gasteiger partial charge in [0.25, 0.3) is 0 Å². The van der Waals surface area contributed by atoms with Gasteiger partial charge in [-0.3, -0.25) is 0 Å². The molecule has 1 saturated heterocycles. The first-order valence-corrected chi connectivity index (χ1v) is 6.79. The fraction of sp³-hybridized carbons (Fsp3) is 0.600. The lowest BCUT2D eigenvalue weighted by molar-refractivity contribution is 0.144. The van der Waals surface area contributed by atoms with Gasteiger partial charge in [0.2, 0.25) is 0 Å². The van der Waals surface area contributed by atoms with Gasteiger partial charge < -0.3 is 15.0 Å². The Balaban J connectivity index is 2.04. The van der Waals surface area contributed by atoms with Gasteiger partial charge in [0, 0.05) is 44.7 Å². The summed E-state index contributed by atoms with van der Waals surface area (Å²) in [6, 6.07) is 7.14. The summed E-state index contributed by atoms with van der Waals surface area (Å²) in [5.74, 6) is 0. The third-order valence-electron chi connectivity index (χ3n) is 3.54. The summed E-state index contributed by atoms with van der Waals surface area (Å²) in [6.07, 6.45) is 3.47. The second kappa shape index (κ2) is 6.10. The van der Waals surface area contributed by atoms with Crippen LogP contribution in [0.4, 0.5) is 11.4 Å². The van der Waals surface area contributed by atoms with Crippen LogP contribution in [-0.4, -0.2) is 33.4 Å². The third-order valence-corrected chi connectivity index (χ3v) is 3.54.